The highest BCUT2D eigenvalue weighted by molar-refractivity contribution is 6.29. The van der Waals surface area contributed by atoms with Crippen LogP contribution in [-0.4, -0.2) is 34.4 Å². The third-order valence-electron chi connectivity index (χ3n) is 4.05. The molecule has 0 spiro atoms. The molecule has 2 aromatic rings. The van der Waals surface area contributed by atoms with Gasteiger partial charge < -0.3 is 15.8 Å². The second kappa shape index (κ2) is 6.69. The van der Waals surface area contributed by atoms with Crippen LogP contribution in [0.5, 0.6) is 0 Å². The first-order valence-electron chi connectivity index (χ1n) is 7.57. The van der Waals surface area contributed by atoms with Gasteiger partial charge in [0.2, 0.25) is 0 Å². The van der Waals surface area contributed by atoms with Crippen LogP contribution in [0.2, 0.25) is 5.15 Å². The van der Waals surface area contributed by atoms with Crippen LogP contribution in [0, 0.1) is 5.82 Å². The fourth-order valence-electron chi connectivity index (χ4n) is 2.50. The van der Waals surface area contributed by atoms with E-state index in [1.165, 1.54) is 12.3 Å². The Hall–Kier alpha value is -2.88. The molecule has 27 heavy (non-hydrogen) atoms. The number of aromatic nitrogens is 2. The number of hydrogen-bond acceptors (Lipinski definition) is 6. The number of amidine groups is 1. The van der Waals surface area contributed by atoms with Gasteiger partial charge in [-0.1, -0.05) is 11.6 Å². The van der Waals surface area contributed by atoms with Gasteiger partial charge in [0.05, 0.1) is 12.4 Å². The number of ether oxygens (including phenoxy) is 1. The SMILES string of the molecule is C[C@]1(c2cc(NC(=O)c3cnc(Cl)cn3)ccc2F)N=C(N)OCC1(F)F. The van der Waals surface area contributed by atoms with E-state index in [0.29, 0.717) is 0 Å². The summed E-state index contributed by atoms with van der Waals surface area (Å²) in [6, 6.07) is 2.75. The summed E-state index contributed by atoms with van der Waals surface area (Å²) in [6.45, 7) is -0.00765. The highest BCUT2D eigenvalue weighted by Gasteiger charge is 2.56. The van der Waals surface area contributed by atoms with Crippen LogP contribution >= 0.6 is 11.6 Å². The van der Waals surface area contributed by atoms with Crippen LogP contribution in [0.15, 0.2) is 35.6 Å². The number of alkyl halides is 2. The molecule has 0 radical (unpaired) electrons. The van der Waals surface area contributed by atoms with E-state index in [2.05, 4.69) is 25.0 Å². The molecule has 0 bridgehead atoms. The maximum atomic E-state index is 14.4. The summed E-state index contributed by atoms with van der Waals surface area (Å²) in [5.74, 6) is -5.13. The number of amides is 1. The number of halogens is 4. The van der Waals surface area contributed by atoms with Crippen molar-refractivity contribution in [1.29, 1.82) is 0 Å². The number of rotatable bonds is 3. The molecule has 0 saturated heterocycles. The number of nitrogens with two attached hydrogens (primary N) is 1. The molecule has 3 N–H and O–H groups in total. The van der Waals surface area contributed by atoms with E-state index in [1.807, 2.05) is 0 Å². The van der Waals surface area contributed by atoms with Gasteiger partial charge in [-0.3, -0.25) is 4.79 Å². The number of benzene rings is 1. The fraction of sp³-hybridized carbons (Fsp3) is 0.250. The molecule has 1 aliphatic heterocycles. The number of nitrogens with one attached hydrogen (secondary N) is 1. The molecule has 11 heteroatoms. The molecule has 0 fully saturated rings. The third kappa shape index (κ3) is 3.52. The summed E-state index contributed by atoms with van der Waals surface area (Å²) in [7, 11) is 0. The average molecular weight is 400 g/mol. The summed E-state index contributed by atoms with van der Waals surface area (Å²) >= 11 is 5.60. The normalized spacial score (nSPS) is 21.1. The number of hydrogen-bond donors (Lipinski definition) is 2. The van der Waals surface area contributed by atoms with Crippen molar-refractivity contribution in [1.82, 2.24) is 9.97 Å². The minimum atomic E-state index is -3.53. The van der Waals surface area contributed by atoms with Gasteiger partial charge >= 0.3 is 5.92 Å². The lowest BCUT2D eigenvalue weighted by atomic mass is 9.85. The fourth-order valence-corrected chi connectivity index (χ4v) is 2.60. The van der Waals surface area contributed by atoms with Crippen LogP contribution in [0.25, 0.3) is 0 Å². The molecule has 2 heterocycles. The zero-order valence-electron chi connectivity index (χ0n) is 13.8. The molecule has 1 aromatic carbocycles. The van der Waals surface area contributed by atoms with Crippen molar-refractivity contribution in [3.05, 3.63) is 52.8 Å². The van der Waals surface area contributed by atoms with Crippen LogP contribution in [0.3, 0.4) is 0 Å². The highest BCUT2D eigenvalue weighted by atomic mass is 35.5. The molecule has 1 amide bonds. The monoisotopic (exact) mass is 399 g/mol. The van der Waals surface area contributed by atoms with Crippen molar-refractivity contribution in [2.45, 2.75) is 18.4 Å². The summed E-state index contributed by atoms with van der Waals surface area (Å²) in [6.07, 6.45) is 2.31. The lowest BCUT2D eigenvalue weighted by Crippen LogP contribution is -2.51. The van der Waals surface area contributed by atoms with Gasteiger partial charge in [0.15, 0.2) is 12.1 Å². The summed E-state index contributed by atoms with van der Waals surface area (Å²) in [4.78, 5) is 23.3. The van der Waals surface area contributed by atoms with E-state index in [1.54, 1.807) is 0 Å². The molecule has 7 nitrogen and oxygen atoms in total. The van der Waals surface area contributed by atoms with Crippen LogP contribution in [0.1, 0.15) is 23.0 Å². The maximum absolute atomic E-state index is 14.4. The Bertz CT molecular complexity index is 923. The van der Waals surface area contributed by atoms with Crippen LogP contribution in [0.4, 0.5) is 18.9 Å². The van der Waals surface area contributed by atoms with Gasteiger partial charge in [-0.05, 0) is 25.1 Å². The Morgan fingerprint density at radius 1 is 1.33 bits per heavy atom. The first-order valence-corrected chi connectivity index (χ1v) is 7.95. The Balaban J connectivity index is 1.96. The van der Waals surface area contributed by atoms with E-state index in [-0.39, 0.29) is 16.5 Å². The summed E-state index contributed by atoms with van der Waals surface area (Å²) < 4.78 is 47.7. The summed E-state index contributed by atoms with van der Waals surface area (Å²) in [5, 5.41) is 2.53. The molecule has 0 aliphatic carbocycles. The second-order valence-electron chi connectivity index (χ2n) is 5.89. The zero-order chi connectivity index (χ0) is 19.8. The van der Waals surface area contributed by atoms with Crippen molar-refractivity contribution < 1.29 is 22.7 Å². The largest absolute Gasteiger partial charge is 0.459 e. The van der Waals surface area contributed by atoms with E-state index >= 15 is 0 Å². The predicted octanol–water partition coefficient (Wildman–Crippen LogP) is 2.72. The number of carbonyl (C=O) groups excluding carboxylic acids is 1. The minimum absolute atomic E-state index is 0.0600. The number of carbonyl (C=O) groups is 1. The quantitative estimate of drug-likeness (QED) is 0.826. The molecular weight excluding hydrogens is 387 g/mol. The van der Waals surface area contributed by atoms with E-state index in [9.17, 15) is 18.0 Å². The van der Waals surface area contributed by atoms with Crippen molar-refractivity contribution >= 4 is 29.2 Å². The van der Waals surface area contributed by atoms with Gasteiger partial charge in [-0.25, -0.2) is 19.4 Å². The first kappa shape index (κ1) is 18.9. The Morgan fingerprint density at radius 2 is 2.07 bits per heavy atom. The van der Waals surface area contributed by atoms with Crippen molar-refractivity contribution in [3.63, 3.8) is 0 Å². The first-order chi connectivity index (χ1) is 12.6. The topological polar surface area (TPSA) is 102 Å². The van der Waals surface area contributed by atoms with E-state index in [0.717, 1.165) is 25.3 Å². The minimum Gasteiger partial charge on any atom is -0.459 e. The Labute approximate surface area is 156 Å². The number of anilines is 1. The zero-order valence-corrected chi connectivity index (χ0v) is 14.6. The molecule has 142 valence electrons. The lowest BCUT2D eigenvalue weighted by molar-refractivity contribution is -0.117. The Kier molecular flexibility index (Phi) is 4.68. The second-order valence-corrected chi connectivity index (χ2v) is 6.28. The molecule has 0 unspecified atom stereocenters. The van der Waals surface area contributed by atoms with Crippen LogP contribution < -0.4 is 11.1 Å². The number of aliphatic imine (C=N–C) groups is 1. The van der Waals surface area contributed by atoms with Gasteiger partial charge in [0.25, 0.3) is 11.9 Å². The molecular formula is C16H13ClF3N5O2. The van der Waals surface area contributed by atoms with Gasteiger partial charge in [-0.2, -0.15) is 8.78 Å². The lowest BCUT2D eigenvalue weighted by Gasteiger charge is -2.37. The smallest absolute Gasteiger partial charge is 0.310 e. The maximum Gasteiger partial charge on any atom is 0.310 e. The van der Waals surface area contributed by atoms with Crippen LogP contribution in [-0.2, 0) is 10.3 Å². The van der Waals surface area contributed by atoms with Crippen molar-refractivity contribution in [2.24, 2.45) is 10.7 Å². The standard InChI is InChI=1S/C16H13ClF3N5O2/c1-15(16(19,20)7-27-14(21)25-15)9-4-8(2-3-10(9)18)24-13(26)11-5-23-12(17)6-22-11/h2-6H,7H2,1H3,(H2,21,25)(H,24,26)/t15-/m1/s1. The van der Waals surface area contributed by atoms with Gasteiger partial charge in [0, 0.05) is 11.3 Å². The molecule has 1 atom stereocenters. The molecule has 0 saturated carbocycles. The van der Waals surface area contributed by atoms with Gasteiger partial charge in [0.1, 0.15) is 16.7 Å². The molecule has 1 aromatic heterocycles. The third-order valence-corrected chi connectivity index (χ3v) is 4.24. The molecule has 3 rings (SSSR count). The van der Waals surface area contributed by atoms with E-state index < -0.39 is 41.4 Å². The number of nitrogens with zero attached hydrogens (tertiary/aromatic N) is 3. The predicted molar refractivity (Wildman–Crippen MR) is 91.3 cm³/mol. The van der Waals surface area contributed by atoms with Crippen molar-refractivity contribution in [2.75, 3.05) is 11.9 Å². The van der Waals surface area contributed by atoms with Gasteiger partial charge in [-0.15, -0.1) is 0 Å². The summed E-state index contributed by atoms with van der Waals surface area (Å²) in [5.41, 5.74) is 2.65. The highest BCUT2D eigenvalue weighted by Crippen LogP contribution is 2.44. The Morgan fingerprint density at radius 3 is 2.74 bits per heavy atom. The van der Waals surface area contributed by atoms with E-state index in [4.69, 9.17) is 17.3 Å². The average Bonchev–Trinajstić information content (AvgIpc) is 2.61. The molecule has 1 aliphatic rings. The van der Waals surface area contributed by atoms with Crippen molar-refractivity contribution in [3.8, 4) is 0 Å².